The lowest BCUT2D eigenvalue weighted by Crippen LogP contribution is -2.20. The summed E-state index contributed by atoms with van der Waals surface area (Å²) < 4.78 is 0. The molecule has 2 atom stereocenters. The Kier molecular flexibility index (Phi) is 2.91. The van der Waals surface area contributed by atoms with E-state index in [0.717, 1.165) is 13.1 Å². The van der Waals surface area contributed by atoms with Crippen molar-refractivity contribution >= 4 is 11.3 Å². The number of aryl methyl sites for hydroxylation is 1. The molecule has 0 aliphatic carbocycles. The molecule has 0 radical (unpaired) electrons. The van der Waals surface area contributed by atoms with E-state index in [1.165, 1.54) is 16.9 Å². The van der Waals surface area contributed by atoms with Gasteiger partial charge in [-0.1, -0.05) is 0 Å². The van der Waals surface area contributed by atoms with E-state index in [9.17, 15) is 0 Å². The van der Waals surface area contributed by atoms with Crippen LogP contribution in [0.3, 0.4) is 0 Å². The van der Waals surface area contributed by atoms with Gasteiger partial charge in [-0.3, -0.25) is 4.90 Å². The number of thiophene rings is 1. The molecule has 0 saturated carbocycles. The maximum absolute atomic E-state index is 5.73. The molecular formula is C11H18N2S. The maximum atomic E-state index is 5.73. The Morgan fingerprint density at radius 3 is 2.93 bits per heavy atom. The van der Waals surface area contributed by atoms with Gasteiger partial charge in [0.05, 0.1) is 0 Å². The minimum absolute atomic E-state index is 0.614. The van der Waals surface area contributed by atoms with Crippen molar-refractivity contribution in [3.63, 3.8) is 0 Å². The van der Waals surface area contributed by atoms with E-state index < -0.39 is 0 Å². The van der Waals surface area contributed by atoms with Crippen molar-refractivity contribution in [2.24, 2.45) is 11.7 Å². The van der Waals surface area contributed by atoms with Crippen molar-refractivity contribution in [1.82, 2.24) is 4.90 Å². The van der Waals surface area contributed by atoms with E-state index >= 15 is 0 Å². The molecule has 1 aromatic heterocycles. The summed E-state index contributed by atoms with van der Waals surface area (Å²) in [6.45, 7) is 4.18. The number of nitrogens with zero attached hydrogens (tertiary/aromatic N) is 1. The third-order valence-corrected chi connectivity index (χ3v) is 4.29. The Labute approximate surface area is 89.7 Å². The summed E-state index contributed by atoms with van der Waals surface area (Å²) >= 11 is 1.88. The van der Waals surface area contributed by atoms with Gasteiger partial charge in [-0.2, -0.15) is 0 Å². The van der Waals surface area contributed by atoms with Gasteiger partial charge in [0.2, 0.25) is 0 Å². The molecule has 1 fully saturated rings. The number of hydrogen-bond donors (Lipinski definition) is 1. The summed E-state index contributed by atoms with van der Waals surface area (Å²) in [5, 5.41) is 2.19. The quantitative estimate of drug-likeness (QED) is 0.809. The molecule has 1 aromatic rings. The second-order valence-electron chi connectivity index (χ2n) is 4.26. The van der Waals surface area contributed by atoms with Gasteiger partial charge in [0, 0.05) is 17.5 Å². The Hall–Kier alpha value is -0.380. The predicted octanol–water partition coefficient (Wildman–Crippen LogP) is 2.01. The van der Waals surface area contributed by atoms with Crippen LogP contribution in [-0.2, 0) is 0 Å². The summed E-state index contributed by atoms with van der Waals surface area (Å²) in [6.07, 6.45) is 1.23. The van der Waals surface area contributed by atoms with E-state index in [1.54, 1.807) is 0 Å². The first kappa shape index (κ1) is 10.1. The van der Waals surface area contributed by atoms with Crippen LogP contribution in [0.4, 0.5) is 0 Å². The number of likely N-dealkylation sites (tertiary alicyclic amines) is 1. The van der Waals surface area contributed by atoms with Gasteiger partial charge in [0.15, 0.2) is 0 Å². The predicted molar refractivity (Wildman–Crippen MR) is 61.6 cm³/mol. The molecule has 2 nitrogen and oxygen atoms in total. The second-order valence-corrected chi connectivity index (χ2v) is 5.21. The highest BCUT2D eigenvalue weighted by Crippen LogP contribution is 2.37. The maximum Gasteiger partial charge on any atom is 0.0444 e. The number of hydrogen-bond acceptors (Lipinski definition) is 3. The van der Waals surface area contributed by atoms with Crippen molar-refractivity contribution in [2.45, 2.75) is 19.4 Å². The van der Waals surface area contributed by atoms with Crippen molar-refractivity contribution in [3.8, 4) is 0 Å². The van der Waals surface area contributed by atoms with Gasteiger partial charge < -0.3 is 5.73 Å². The topological polar surface area (TPSA) is 29.3 Å². The van der Waals surface area contributed by atoms with Crippen molar-refractivity contribution < 1.29 is 0 Å². The molecule has 14 heavy (non-hydrogen) atoms. The smallest absolute Gasteiger partial charge is 0.0444 e. The summed E-state index contributed by atoms with van der Waals surface area (Å²) in [6, 6.07) is 2.83. The van der Waals surface area contributed by atoms with Gasteiger partial charge >= 0.3 is 0 Å². The zero-order valence-electron chi connectivity index (χ0n) is 8.86. The highest BCUT2D eigenvalue weighted by molar-refractivity contribution is 7.10. The first-order chi connectivity index (χ1) is 6.72. The fraction of sp³-hybridized carbons (Fsp3) is 0.636. The molecule has 3 heteroatoms. The minimum atomic E-state index is 0.614. The first-order valence-corrected chi connectivity index (χ1v) is 6.04. The van der Waals surface area contributed by atoms with Crippen LogP contribution in [0.2, 0.25) is 0 Å². The van der Waals surface area contributed by atoms with Crippen LogP contribution in [0, 0.1) is 12.8 Å². The summed E-state index contributed by atoms with van der Waals surface area (Å²) in [7, 11) is 2.21. The van der Waals surface area contributed by atoms with Crippen LogP contribution in [-0.4, -0.2) is 25.0 Å². The molecule has 0 amide bonds. The highest BCUT2D eigenvalue weighted by Gasteiger charge is 2.30. The SMILES string of the molecule is Cc1ccsc1C1CC(CN)CN1C. The molecule has 2 N–H and O–H groups in total. The molecule has 1 aliphatic rings. The third-order valence-electron chi connectivity index (χ3n) is 3.17. The van der Waals surface area contributed by atoms with Crippen molar-refractivity contribution in [1.29, 1.82) is 0 Å². The van der Waals surface area contributed by atoms with Crippen LogP contribution in [0.25, 0.3) is 0 Å². The highest BCUT2D eigenvalue weighted by atomic mass is 32.1. The Morgan fingerprint density at radius 1 is 1.64 bits per heavy atom. The number of rotatable bonds is 2. The van der Waals surface area contributed by atoms with Gasteiger partial charge in [0.1, 0.15) is 0 Å². The lowest BCUT2D eigenvalue weighted by atomic mass is 10.0. The lowest BCUT2D eigenvalue weighted by molar-refractivity contribution is 0.316. The molecule has 2 rings (SSSR count). The second kappa shape index (κ2) is 4.01. The summed E-state index contributed by atoms with van der Waals surface area (Å²) in [4.78, 5) is 3.97. The van der Waals surface area contributed by atoms with Gasteiger partial charge in [-0.25, -0.2) is 0 Å². The average Bonchev–Trinajstić information content (AvgIpc) is 2.72. The molecule has 78 valence electrons. The van der Waals surface area contributed by atoms with Crippen molar-refractivity contribution in [3.05, 3.63) is 21.9 Å². The molecule has 2 heterocycles. The molecule has 1 saturated heterocycles. The molecule has 2 unspecified atom stereocenters. The zero-order valence-corrected chi connectivity index (χ0v) is 9.68. The van der Waals surface area contributed by atoms with E-state index in [-0.39, 0.29) is 0 Å². The number of nitrogens with two attached hydrogens (primary N) is 1. The normalized spacial score (nSPS) is 28.5. The van der Waals surface area contributed by atoms with E-state index in [4.69, 9.17) is 5.73 Å². The molecule has 0 bridgehead atoms. The van der Waals surface area contributed by atoms with Crippen LogP contribution < -0.4 is 5.73 Å². The van der Waals surface area contributed by atoms with E-state index in [1.807, 2.05) is 11.3 Å². The van der Waals surface area contributed by atoms with Crippen LogP contribution >= 0.6 is 11.3 Å². The van der Waals surface area contributed by atoms with E-state index in [2.05, 4.69) is 30.3 Å². The lowest BCUT2D eigenvalue weighted by Gasteiger charge is -2.18. The van der Waals surface area contributed by atoms with E-state index in [0.29, 0.717) is 12.0 Å². The zero-order chi connectivity index (χ0) is 10.1. The first-order valence-electron chi connectivity index (χ1n) is 5.16. The molecule has 1 aliphatic heterocycles. The summed E-state index contributed by atoms with van der Waals surface area (Å²) in [5.41, 5.74) is 7.16. The fourth-order valence-electron chi connectivity index (χ4n) is 2.31. The van der Waals surface area contributed by atoms with Gasteiger partial charge in [-0.15, -0.1) is 11.3 Å². The monoisotopic (exact) mass is 210 g/mol. The minimum Gasteiger partial charge on any atom is -0.330 e. The largest absolute Gasteiger partial charge is 0.330 e. The molecule has 0 spiro atoms. The summed E-state index contributed by atoms with van der Waals surface area (Å²) in [5.74, 6) is 0.687. The van der Waals surface area contributed by atoms with Crippen LogP contribution in [0.15, 0.2) is 11.4 Å². The van der Waals surface area contributed by atoms with Crippen LogP contribution in [0.1, 0.15) is 22.9 Å². The fourth-order valence-corrected chi connectivity index (χ4v) is 3.41. The Balaban J connectivity index is 2.16. The standard InChI is InChI=1S/C11H18N2S/c1-8-3-4-14-11(8)10-5-9(6-12)7-13(10)2/h3-4,9-10H,5-7,12H2,1-2H3. The van der Waals surface area contributed by atoms with Crippen molar-refractivity contribution in [2.75, 3.05) is 20.1 Å². The van der Waals surface area contributed by atoms with Gasteiger partial charge in [0.25, 0.3) is 0 Å². The van der Waals surface area contributed by atoms with Gasteiger partial charge in [-0.05, 0) is 49.9 Å². The Morgan fingerprint density at radius 2 is 2.43 bits per heavy atom. The van der Waals surface area contributed by atoms with Crippen LogP contribution in [0.5, 0.6) is 0 Å². The third kappa shape index (κ3) is 1.72. The average molecular weight is 210 g/mol. The Bertz CT molecular complexity index is 308. The molecular weight excluding hydrogens is 192 g/mol. The molecule has 0 aromatic carbocycles.